The van der Waals surface area contributed by atoms with Gasteiger partial charge in [0.25, 0.3) is 5.91 Å². The third kappa shape index (κ3) is 6.36. The molecule has 0 heterocycles. The number of rotatable bonds is 7. The van der Waals surface area contributed by atoms with Gasteiger partial charge in [-0.2, -0.15) is 4.31 Å². The maximum Gasteiger partial charge on any atom is 0.265 e. The van der Waals surface area contributed by atoms with Gasteiger partial charge in [0.15, 0.2) is 6.10 Å². The second-order valence-corrected chi connectivity index (χ2v) is 11.9. The summed E-state index contributed by atoms with van der Waals surface area (Å²) in [6.45, 7) is 8.11. The van der Waals surface area contributed by atoms with Crippen LogP contribution in [0.15, 0.2) is 53.4 Å². The predicted octanol–water partition coefficient (Wildman–Crippen LogP) is 5.34. The molecule has 33 heavy (non-hydrogen) atoms. The van der Waals surface area contributed by atoms with E-state index in [4.69, 9.17) is 4.74 Å². The Morgan fingerprint density at radius 1 is 1.00 bits per heavy atom. The van der Waals surface area contributed by atoms with E-state index >= 15 is 0 Å². The number of nitrogens with one attached hydrogen (secondary N) is 1. The highest BCUT2D eigenvalue weighted by molar-refractivity contribution is 7.89. The Kier molecular flexibility index (Phi) is 7.85. The summed E-state index contributed by atoms with van der Waals surface area (Å²) in [5, 5.41) is 2.80. The summed E-state index contributed by atoms with van der Waals surface area (Å²) in [5.74, 6) is 0.322. The van der Waals surface area contributed by atoms with Gasteiger partial charge in [-0.25, -0.2) is 8.42 Å². The lowest BCUT2D eigenvalue weighted by atomic mass is 9.87. The van der Waals surface area contributed by atoms with E-state index in [1.165, 1.54) is 16.3 Å². The van der Waals surface area contributed by atoms with Crippen molar-refractivity contribution in [1.82, 2.24) is 4.31 Å². The van der Waals surface area contributed by atoms with E-state index in [9.17, 15) is 13.2 Å². The fourth-order valence-electron chi connectivity index (χ4n) is 4.05. The van der Waals surface area contributed by atoms with Gasteiger partial charge in [0.2, 0.25) is 10.0 Å². The molecule has 0 aromatic heterocycles. The van der Waals surface area contributed by atoms with Crippen LogP contribution in [0.2, 0.25) is 0 Å². The number of hydrogen-bond acceptors (Lipinski definition) is 4. The van der Waals surface area contributed by atoms with E-state index in [2.05, 4.69) is 26.1 Å². The SMILES string of the molecule is CC(Oc1ccc(C(C)(C)C)cc1)C(=O)Nc1ccc(S(=O)(=O)N(C)C2CCCCC2)cc1. The number of anilines is 1. The first-order valence-corrected chi connectivity index (χ1v) is 13.1. The number of carbonyl (C=O) groups excluding carboxylic acids is 1. The van der Waals surface area contributed by atoms with Crippen molar-refractivity contribution >= 4 is 21.6 Å². The van der Waals surface area contributed by atoms with Gasteiger partial charge >= 0.3 is 0 Å². The molecule has 0 aliphatic heterocycles. The molecule has 0 saturated heterocycles. The van der Waals surface area contributed by atoms with E-state index in [-0.39, 0.29) is 22.3 Å². The van der Waals surface area contributed by atoms with Crippen LogP contribution in [0.1, 0.15) is 65.4 Å². The zero-order valence-electron chi connectivity index (χ0n) is 20.3. The number of ether oxygens (including phenoxy) is 1. The fourth-order valence-corrected chi connectivity index (χ4v) is 5.47. The van der Waals surface area contributed by atoms with E-state index in [0.29, 0.717) is 11.4 Å². The fraction of sp³-hybridized carbons (Fsp3) is 0.500. The average molecular weight is 473 g/mol. The van der Waals surface area contributed by atoms with Gasteiger partial charge in [-0.1, -0.05) is 52.2 Å². The molecule has 0 bridgehead atoms. The summed E-state index contributed by atoms with van der Waals surface area (Å²) in [4.78, 5) is 12.8. The van der Waals surface area contributed by atoms with E-state index in [1.54, 1.807) is 38.2 Å². The Hall–Kier alpha value is -2.38. The Bertz CT molecular complexity index is 1040. The highest BCUT2D eigenvalue weighted by Crippen LogP contribution is 2.27. The first-order valence-electron chi connectivity index (χ1n) is 11.6. The van der Waals surface area contributed by atoms with Crippen LogP contribution in [-0.2, 0) is 20.2 Å². The molecule has 0 radical (unpaired) electrons. The number of benzene rings is 2. The first-order chi connectivity index (χ1) is 15.5. The minimum Gasteiger partial charge on any atom is -0.481 e. The quantitative estimate of drug-likeness (QED) is 0.590. The molecule has 7 heteroatoms. The van der Waals surface area contributed by atoms with Crippen molar-refractivity contribution in [2.45, 2.75) is 82.3 Å². The maximum atomic E-state index is 13.0. The topological polar surface area (TPSA) is 75.7 Å². The summed E-state index contributed by atoms with van der Waals surface area (Å²) in [6.07, 6.45) is 4.41. The van der Waals surface area contributed by atoms with Crippen molar-refractivity contribution in [3.63, 3.8) is 0 Å². The van der Waals surface area contributed by atoms with Crippen LogP contribution in [-0.4, -0.2) is 37.8 Å². The summed E-state index contributed by atoms with van der Waals surface area (Å²) >= 11 is 0. The molecule has 1 unspecified atom stereocenters. The number of hydrogen-bond donors (Lipinski definition) is 1. The van der Waals surface area contributed by atoms with Crippen LogP contribution >= 0.6 is 0 Å². The molecule has 1 aliphatic rings. The molecule has 1 fully saturated rings. The highest BCUT2D eigenvalue weighted by atomic mass is 32.2. The van der Waals surface area contributed by atoms with Crippen LogP contribution in [0.5, 0.6) is 5.75 Å². The van der Waals surface area contributed by atoms with Gasteiger partial charge in [-0.15, -0.1) is 0 Å². The van der Waals surface area contributed by atoms with Crippen LogP contribution < -0.4 is 10.1 Å². The smallest absolute Gasteiger partial charge is 0.265 e. The third-order valence-corrected chi connectivity index (χ3v) is 8.21. The van der Waals surface area contributed by atoms with Crippen molar-refractivity contribution < 1.29 is 17.9 Å². The molecular weight excluding hydrogens is 436 g/mol. The largest absolute Gasteiger partial charge is 0.481 e. The Morgan fingerprint density at radius 2 is 1.58 bits per heavy atom. The minimum absolute atomic E-state index is 0.0480. The zero-order chi connectivity index (χ0) is 24.2. The molecule has 1 N–H and O–H groups in total. The van der Waals surface area contributed by atoms with Crippen molar-refractivity contribution in [3.8, 4) is 5.75 Å². The lowest BCUT2D eigenvalue weighted by Gasteiger charge is -2.30. The molecule has 6 nitrogen and oxygen atoms in total. The second-order valence-electron chi connectivity index (χ2n) is 9.86. The highest BCUT2D eigenvalue weighted by Gasteiger charge is 2.29. The molecule has 0 spiro atoms. The van der Waals surface area contributed by atoms with Gasteiger partial charge in [-0.3, -0.25) is 4.79 Å². The molecule has 2 aromatic carbocycles. The Balaban J connectivity index is 1.60. The summed E-state index contributed by atoms with van der Waals surface area (Å²) in [5.41, 5.74) is 1.76. The van der Waals surface area contributed by atoms with Crippen molar-refractivity contribution in [1.29, 1.82) is 0 Å². The maximum absolute atomic E-state index is 13.0. The lowest BCUT2D eigenvalue weighted by molar-refractivity contribution is -0.122. The molecule has 2 aromatic rings. The standard InChI is InChI=1S/C26H36N2O4S/c1-19(32-23-15-11-20(12-16-23)26(2,3)4)25(29)27-21-13-17-24(18-14-21)33(30,31)28(5)22-9-7-6-8-10-22/h11-19,22H,6-10H2,1-5H3,(H,27,29). The van der Waals surface area contributed by atoms with Gasteiger partial charge in [-0.05, 0) is 67.1 Å². The number of carbonyl (C=O) groups is 1. The molecule has 1 saturated carbocycles. The van der Waals surface area contributed by atoms with Crippen LogP contribution in [0.4, 0.5) is 5.69 Å². The van der Waals surface area contributed by atoms with Gasteiger partial charge in [0.1, 0.15) is 5.75 Å². The van der Waals surface area contributed by atoms with E-state index < -0.39 is 16.1 Å². The van der Waals surface area contributed by atoms with Crippen LogP contribution in [0, 0.1) is 0 Å². The minimum atomic E-state index is -3.56. The predicted molar refractivity (Wildman–Crippen MR) is 132 cm³/mol. The number of amides is 1. The molecule has 1 aliphatic carbocycles. The monoisotopic (exact) mass is 472 g/mol. The molecule has 1 atom stereocenters. The Morgan fingerprint density at radius 3 is 2.12 bits per heavy atom. The van der Waals surface area contributed by atoms with Gasteiger partial charge in [0.05, 0.1) is 4.90 Å². The molecule has 3 rings (SSSR count). The summed E-state index contributed by atoms with van der Waals surface area (Å²) in [7, 11) is -1.90. The average Bonchev–Trinajstić information content (AvgIpc) is 2.79. The molecule has 180 valence electrons. The zero-order valence-corrected chi connectivity index (χ0v) is 21.1. The van der Waals surface area contributed by atoms with Crippen molar-refractivity contribution in [3.05, 3.63) is 54.1 Å². The van der Waals surface area contributed by atoms with Crippen molar-refractivity contribution in [2.75, 3.05) is 12.4 Å². The molecular formula is C26H36N2O4S. The summed E-state index contributed by atoms with van der Waals surface area (Å²) < 4.78 is 33.2. The van der Waals surface area contributed by atoms with Gasteiger partial charge in [0, 0.05) is 18.8 Å². The third-order valence-electron chi connectivity index (χ3n) is 6.29. The molecule has 1 amide bonds. The first kappa shape index (κ1) is 25.2. The van der Waals surface area contributed by atoms with Crippen molar-refractivity contribution in [2.24, 2.45) is 0 Å². The van der Waals surface area contributed by atoms with Gasteiger partial charge < -0.3 is 10.1 Å². The number of sulfonamides is 1. The normalized spacial score (nSPS) is 16.4. The van der Waals surface area contributed by atoms with E-state index in [0.717, 1.165) is 25.7 Å². The Labute approximate surface area is 198 Å². The lowest BCUT2D eigenvalue weighted by Crippen LogP contribution is -2.38. The van der Waals surface area contributed by atoms with E-state index in [1.807, 2.05) is 24.3 Å². The van der Waals surface area contributed by atoms with Crippen LogP contribution in [0.3, 0.4) is 0 Å². The summed E-state index contributed by atoms with van der Waals surface area (Å²) in [6, 6.07) is 14.1. The second kappa shape index (κ2) is 10.3. The van der Waals surface area contributed by atoms with Crippen LogP contribution in [0.25, 0.3) is 0 Å². The number of nitrogens with zero attached hydrogens (tertiary/aromatic N) is 1.